The van der Waals surface area contributed by atoms with Gasteiger partial charge in [0.25, 0.3) is 0 Å². The van der Waals surface area contributed by atoms with Crippen LogP contribution in [0.15, 0.2) is 47.5 Å². The maximum Gasteiger partial charge on any atom is 0.196 e. The van der Waals surface area contributed by atoms with Crippen LogP contribution in [0.1, 0.15) is 18.9 Å². The van der Waals surface area contributed by atoms with Gasteiger partial charge in [0.05, 0.1) is 19.8 Å². The summed E-state index contributed by atoms with van der Waals surface area (Å²) >= 11 is 0. The number of anilines is 2. The fraction of sp³-hybridized carbons (Fsp3) is 0.381. The van der Waals surface area contributed by atoms with Crippen molar-refractivity contribution in [2.45, 2.75) is 19.9 Å². The van der Waals surface area contributed by atoms with E-state index in [-0.39, 0.29) is 24.0 Å². The Hall–Kier alpha value is -2.16. The largest absolute Gasteiger partial charge is 0.490 e. The van der Waals surface area contributed by atoms with Crippen LogP contribution in [0, 0.1) is 0 Å². The third-order valence-electron chi connectivity index (χ3n) is 4.20. The van der Waals surface area contributed by atoms with E-state index in [1.165, 1.54) is 5.69 Å². The van der Waals surface area contributed by atoms with Gasteiger partial charge in [-0.15, -0.1) is 24.0 Å². The first-order valence-electron chi connectivity index (χ1n) is 9.37. The molecule has 0 radical (unpaired) electrons. The molecule has 2 N–H and O–H groups in total. The minimum absolute atomic E-state index is 0. The lowest BCUT2D eigenvalue weighted by Crippen LogP contribution is -2.30. The molecule has 7 heteroatoms. The smallest absolute Gasteiger partial charge is 0.196 e. The molecule has 3 rings (SSSR count). The maximum absolute atomic E-state index is 5.77. The number of rotatable bonds is 5. The van der Waals surface area contributed by atoms with Gasteiger partial charge in [-0.05, 0) is 36.8 Å². The molecule has 0 saturated carbocycles. The molecule has 152 valence electrons. The Bertz CT molecular complexity index is 796. The van der Waals surface area contributed by atoms with E-state index >= 15 is 0 Å². The highest BCUT2D eigenvalue weighted by Gasteiger charge is 2.11. The van der Waals surface area contributed by atoms with E-state index in [1.807, 2.05) is 32.3 Å². The summed E-state index contributed by atoms with van der Waals surface area (Å²) in [5, 5.41) is 6.64. The molecule has 0 fully saturated rings. The van der Waals surface area contributed by atoms with Crippen LogP contribution in [0.4, 0.5) is 11.4 Å². The first kappa shape index (κ1) is 22.1. The lowest BCUT2D eigenvalue weighted by Gasteiger charge is -2.15. The van der Waals surface area contributed by atoms with E-state index in [2.05, 4.69) is 46.7 Å². The Morgan fingerprint density at radius 3 is 2.61 bits per heavy atom. The summed E-state index contributed by atoms with van der Waals surface area (Å²) in [7, 11) is 4.08. The Morgan fingerprint density at radius 2 is 1.86 bits per heavy atom. The van der Waals surface area contributed by atoms with Crippen molar-refractivity contribution < 1.29 is 9.47 Å². The number of guanidine groups is 1. The SMILES string of the molecule is CCNC(=NCc1cccc(N(C)C)c1)Nc1ccc2c(c1)OCCCO2.I. The quantitative estimate of drug-likeness (QED) is 0.371. The molecule has 0 bridgehead atoms. The molecule has 0 aliphatic carbocycles. The molecule has 2 aromatic rings. The van der Waals surface area contributed by atoms with Crippen molar-refractivity contribution in [2.24, 2.45) is 4.99 Å². The van der Waals surface area contributed by atoms with Crippen LogP contribution < -0.4 is 25.0 Å². The van der Waals surface area contributed by atoms with Gasteiger partial charge in [0.2, 0.25) is 0 Å². The molecule has 0 spiro atoms. The topological polar surface area (TPSA) is 58.1 Å². The monoisotopic (exact) mass is 496 g/mol. The third-order valence-corrected chi connectivity index (χ3v) is 4.20. The molecule has 1 aliphatic rings. The number of aliphatic imine (C=N–C) groups is 1. The van der Waals surface area contributed by atoms with E-state index < -0.39 is 0 Å². The lowest BCUT2D eigenvalue weighted by molar-refractivity contribution is 0.297. The summed E-state index contributed by atoms with van der Waals surface area (Å²) in [6, 6.07) is 14.3. The fourth-order valence-electron chi connectivity index (χ4n) is 2.79. The summed E-state index contributed by atoms with van der Waals surface area (Å²) in [4.78, 5) is 6.81. The summed E-state index contributed by atoms with van der Waals surface area (Å²) < 4.78 is 11.5. The van der Waals surface area contributed by atoms with Crippen molar-refractivity contribution in [3.05, 3.63) is 48.0 Å². The van der Waals surface area contributed by atoms with Crippen molar-refractivity contribution >= 4 is 41.3 Å². The number of hydrogen-bond acceptors (Lipinski definition) is 4. The van der Waals surface area contributed by atoms with Crippen LogP contribution in [0.3, 0.4) is 0 Å². The normalized spacial score (nSPS) is 13.2. The molecule has 0 atom stereocenters. The summed E-state index contributed by atoms with van der Waals surface area (Å²) in [5.74, 6) is 2.30. The average molecular weight is 496 g/mol. The van der Waals surface area contributed by atoms with E-state index in [4.69, 9.17) is 14.5 Å². The van der Waals surface area contributed by atoms with Gasteiger partial charge in [-0.2, -0.15) is 0 Å². The zero-order chi connectivity index (χ0) is 19.1. The molecule has 1 aliphatic heterocycles. The second-order valence-corrected chi connectivity index (χ2v) is 6.60. The molecular formula is C21H29IN4O2. The lowest BCUT2D eigenvalue weighted by atomic mass is 10.2. The summed E-state index contributed by atoms with van der Waals surface area (Å²) in [6.45, 7) is 4.80. The van der Waals surface area contributed by atoms with Gasteiger partial charge in [0, 0.05) is 44.5 Å². The van der Waals surface area contributed by atoms with Gasteiger partial charge >= 0.3 is 0 Å². The van der Waals surface area contributed by atoms with Crippen molar-refractivity contribution in [3.8, 4) is 11.5 Å². The summed E-state index contributed by atoms with van der Waals surface area (Å²) in [6.07, 6.45) is 0.896. The number of ether oxygens (including phenoxy) is 2. The van der Waals surface area contributed by atoms with Crippen molar-refractivity contribution in [1.29, 1.82) is 0 Å². The first-order chi connectivity index (χ1) is 13.2. The number of benzene rings is 2. The standard InChI is InChI=1S/C21H28N4O2.HI/c1-4-22-21(23-15-16-7-5-8-18(13-16)25(2)3)24-17-9-10-19-20(14-17)27-12-6-11-26-19;/h5,7-10,13-14H,4,6,11-12,15H2,1-3H3,(H2,22,23,24);1H. The Balaban J connectivity index is 0.00000280. The zero-order valence-electron chi connectivity index (χ0n) is 16.7. The molecule has 0 amide bonds. The van der Waals surface area contributed by atoms with Gasteiger partial charge in [0.1, 0.15) is 0 Å². The second kappa shape index (κ2) is 11.0. The van der Waals surface area contributed by atoms with Crippen molar-refractivity contribution in [3.63, 3.8) is 0 Å². The predicted molar refractivity (Wildman–Crippen MR) is 127 cm³/mol. The Labute approximate surface area is 184 Å². The highest BCUT2D eigenvalue weighted by molar-refractivity contribution is 14.0. The minimum atomic E-state index is 0. The molecule has 0 aromatic heterocycles. The van der Waals surface area contributed by atoms with E-state index in [0.717, 1.165) is 41.7 Å². The first-order valence-corrected chi connectivity index (χ1v) is 9.37. The van der Waals surface area contributed by atoms with Crippen molar-refractivity contribution in [2.75, 3.05) is 44.1 Å². The molecule has 0 unspecified atom stereocenters. The Kier molecular flexibility index (Phi) is 8.69. The van der Waals surface area contributed by atoms with Gasteiger partial charge in [-0.25, -0.2) is 4.99 Å². The highest BCUT2D eigenvalue weighted by atomic mass is 127. The number of nitrogens with one attached hydrogen (secondary N) is 2. The molecule has 28 heavy (non-hydrogen) atoms. The van der Waals surface area contributed by atoms with E-state index in [0.29, 0.717) is 19.8 Å². The molecular weight excluding hydrogens is 467 g/mol. The van der Waals surface area contributed by atoms with E-state index in [9.17, 15) is 0 Å². The van der Waals surface area contributed by atoms with Crippen LogP contribution in [0.2, 0.25) is 0 Å². The van der Waals surface area contributed by atoms with Crippen LogP contribution >= 0.6 is 24.0 Å². The van der Waals surface area contributed by atoms with Crippen LogP contribution in [-0.4, -0.2) is 39.8 Å². The van der Waals surface area contributed by atoms with E-state index in [1.54, 1.807) is 0 Å². The van der Waals surface area contributed by atoms with Crippen LogP contribution in [0.25, 0.3) is 0 Å². The second-order valence-electron chi connectivity index (χ2n) is 6.60. The molecule has 6 nitrogen and oxygen atoms in total. The summed E-state index contributed by atoms with van der Waals surface area (Å²) in [5.41, 5.74) is 3.25. The number of fused-ring (bicyclic) bond motifs is 1. The zero-order valence-corrected chi connectivity index (χ0v) is 19.0. The third kappa shape index (κ3) is 6.19. The van der Waals surface area contributed by atoms with Gasteiger partial charge < -0.3 is 25.0 Å². The number of hydrogen-bond donors (Lipinski definition) is 2. The average Bonchev–Trinajstić information content (AvgIpc) is 2.91. The number of halogens is 1. The van der Waals surface area contributed by atoms with Gasteiger partial charge in [-0.3, -0.25) is 0 Å². The highest BCUT2D eigenvalue weighted by Crippen LogP contribution is 2.32. The Morgan fingerprint density at radius 1 is 1.07 bits per heavy atom. The molecule has 2 aromatic carbocycles. The maximum atomic E-state index is 5.77. The van der Waals surface area contributed by atoms with Crippen LogP contribution in [-0.2, 0) is 6.54 Å². The minimum Gasteiger partial charge on any atom is -0.490 e. The fourth-order valence-corrected chi connectivity index (χ4v) is 2.79. The van der Waals surface area contributed by atoms with Crippen LogP contribution in [0.5, 0.6) is 11.5 Å². The predicted octanol–water partition coefficient (Wildman–Crippen LogP) is 4.11. The van der Waals surface area contributed by atoms with Gasteiger partial charge in [0.15, 0.2) is 17.5 Å². The van der Waals surface area contributed by atoms with Gasteiger partial charge in [-0.1, -0.05) is 12.1 Å². The van der Waals surface area contributed by atoms with Crippen molar-refractivity contribution in [1.82, 2.24) is 5.32 Å². The number of nitrogens with zero attached hydrogens (tertiary/aromatic N) is 2. The molecule has 1 heterocycles. The molecule has 0 saturated heterocycles.